The van der Waals surface area contributed by atoms with Crippen LogP contribution in [0.4, 0.5) is 0 Å². The summed E-state index contributed by atoms with van der Waals surface area (Å²) in [5.74, 6) is 0.118. The van der Waals surface area contributed by atoms with E-state index in [0.717, 1.165) is 32.5 Å². The van der Waals surface area contributed by atoms with Crippen molar-refractivity contribution in [3.05, 3.63) is 0 Å². The SMILES string of the molecule is NS(=O)(=O)C[C@H]1CCCN1CCN1CCCCC1. The Morgan fingerprint density at radius 3 is 2.39 bits per heavy atom. The summed E-state index contributed by atoms with van der Waals surface area (Å²) in [4.78, 5) is 4.80. The van der Waals surface area contributed by atoms with Gasteiger partial charge in [-0.25, -0.2) is 13.6 Å². The molecule has 2 saturated heterocycles. The maximum Gasteiger partial charge on any atom is 0.210 e. The quantitative estimate of drug-likeness (QED) is 0.780. The monoisotopic (exact) mass is 275 g/mol. The molecule has 106 valence electrons. The standard InChI is InChI=1S/C12H25N3O2S/c13-18(16,17)11-12-5-4-8-15(12)10-9-14-6-2-1-3-7-14/h12H,1-11H2,(H2,13,16,17)/t12-/m1/s1. The molecule has 0 aromatic heterocycles. The highest BCUT2D eigenvalue weighted by Crippen LogP contribution is 2.18. The number of primary sulfonamides is 1. The van der Waals surface area contributed by atoms with Crippen molar-refractivity contribution in [2.24, 2.45) is 5.14 Å². The molecule has 0 amide bonds. The molecule has 2 aliphatic rings. The molecule has 2 aliphatic heterocycles. The van der Waals surface area contributed by atoms with Gasteiger partial charge in [0, 0.05) is 19.1 Å². The second-order valence-corrected chi connectivity index (χ2v) is 7.22. The third kappa shape index (κ3) is 4.50. The molecule has 0 spiro atoms. The predicted molar refractivity (Wildman–Crippen MR) is 72.9 cm³/mol. The average Bonchev–Trinajstić information content (AvgIpc) is 2.73. The van der Waals surface area contributed by atoms with E-state index < -0.39 is 10.0 Å². The van der Waals surface area contributed by atoms with Crippen LogP contribution in [0.2, 0.25) is 0 Å². The summed E-state index contributed by atoms with van der Waals surface area (Å²) in [5, 5.41) is 5.15. The molecule has 5 nitrogen and oxygen atoms in total. The third-order valence-electron chi connectivity index (χ3n) is 4.08. The molecule has 0 unspecified atom stereocenters. The molecule has 0 aromatic carbocycles. The highest BCUT2D eigenvalue weighted by Gasteiger charge is 2.27. The molecule has 2 N–H and O–H groups in total. The molecule has 0 saturated carbocycles. The molecule has 0 aromatic rings. The van der Waals surface area contributed by atoms with Crippen LogP contribution in [0, 0.1) is 0 Å². The van der Waals surface area contributed by atoms with Gasteiger partial charge in [-0.1, -0.05) is 6.42 Å². The fraction of sp³-hybridized carbons (Fsp3) is 1.00. The van der Waals surface area contributed by atoms with Gasteiger partial charge in [-0.15, -0.1) is 0 Å². The second-order valence-electron chi connectivity index (χ2n) is 5.56. The van der Waals surface area contributed by atoms with E-state index in [2.05, 4.69) is 9.80 Å². The number of nitrogens with two attached hydrogens (primary N) is 1. The van der Waals surface area contributed by atoms with Crippen molar-refractivity contribution in [2.75, 3.05) is 38.5 Å². The van der Waals surface area contributed by atoms with Gasteiger partial charge in [0.05, 0.1) is 5.75 Å². The Bertz CT molecular complexity index is 352. The third-order valence-corrected chi connectivity index (χ3v) is 4.93. The van der Waals surface area contributed by atoms with Gasteiger partial charge in [0.25, 0.3) is 0 Å². The maximum atomic E-state index is 11.2. The summed E-state index contributed by atoms with van der Waals surface area (Å²) in [6, 6.07) is 0.143. The molecular formula is C12H25N3O2S. The van der Waals surface area contributed by atoms with Gasteiger partial charge in [0.15, 0.2) is 0 Å². The van der Waals surface area contributed by atoms with E-state index in [0.29, 0.717) is 0 Å². The Balaban J connectivity index is 1.77. The molecular weight excluding hydrogens is 250 g/mol. The summed E-state index contributed by atoms with van der Waals surface area (Å²) < 4.78 is 22.4. The molecule has 6 heteroatoms. The number of sulfonamides is 1. The van der Waals surface area contributed by atoms with E-state index in [1.165, 1.54) is 32.4 Å². The predicted octanol–water partition coefficient (Wildman–Crippen LogP) is 0.225. The van der Waals surface area contributed by atoms with Gasteiger partial charge in [-0.2, -0.15) is 0 Å². The van der Waals surface area contributed by atoms with Crippen LogP contribution in [0.15, 0.2) is 0 Å². The lowest BCUT2D eigenvalue weighted by Gasteiger charge is -2.30. The summed E-state index contributed by atoms with van der Waals surface area (Å²) in [5.41, 5.74) is 0. The van der Waals surface area contributed by atoms with Crippen molar-refractivity contribution in [3.8, 4) is 0 Å². The lowest BCUT2D eigenvalue weighted by molar-refractivity contribution is 0.179. The Kier molecular flexibility index (Phi) is 5.00. The highest BCUT2D eigenvalue weighted by molar-refractivity contribution is 7.89. The summed E-state index contributed by atoms with van der Waals surface area (Å²) >= 11 is 0. The highest BCUT2D eigenvalue weighted by atomic mass is 32.2. The first-order valence-corrected chi connectivity index (χ1v) is 8.73. The van der Waals surface area contributed by atoms with Crippen LogP contribution in [0.1, 0.15) is 32.1 Å². The molecule has 0 bridgehead atoms. The van der Waals surface area contributed by atoms with Crippen LogP contribution in [-0.4, -0.2) is 62.7 Å². The van der Waals surface area contributed by atoms with Crippen molar-refractivity contribution in [3.63, 3.8) is 0 Å². The van der Waals surface area contributed by atoms with Crippen LogP contribution >= 0.6 is 0 Å². The van der Waals surface area contributed by atoms with E-state index >= 15 is 0 Å². The maximum absolute atomic E-state index is 11.2. The van der Waals surface area contributed by atoms with Crippen molar-refractivity contribution in [1.82, 2.24) is 9.80 Å². The minimum atomic E-state index is -3.34. The lowest BCUT2D eigenvalue weighted by Crippen LogP contribution is -2.42. The minimum Gasteiger partial charge on any atom is -0.302 e. The zero-order valence-corrected chi connectivity index (χ0v) is 11.9. The molecule has 1 atom stereocenters. The fourth-order valence-corrected chi connectivity index (χ4v) is 4.01. The Morgan fingerprint density at radius 1 is 1.00 bits per heavy atom. The molecule has 0 radical (unpaired) electrons. The van der Waals surface area contributed by atoms with Crippen molar-refractivity contribution in [2.45, 2.75) is 38.1 Å². The van der Waals surface area contributed by atoms with Gasteiger partial charge in [0.1, 0.15) is 0 Å². The largest absolute Gasteiger partial charge is 0.302 e. The fourth-order valence-electron chi connectivity index (χ4n) is 3.10. The molecule has 18 heavy (non-hydrogen) atoms. The van der Waals surface area contributed by atoms with E-state index in [4.69, 9.17) is 5.14 Å². The van der Waals surface area contributed by atoms with Crippen molar-refractivity contribution >= 4 is 10.0 Å². The normalized spacial score (nSPS) is 27.7. The zero-order valence-electron chi connectivity index (χ0n) is 11.1. The zero-order chi connectivity index (χ0) is 13.0. The number of hydrogen-bond donors (Lipinski definition) is 1. The van der Waals surface area contributed by atoms with Crippen molar-refractivity contribution in [1.29, 1.82) is 0 Å². The first kappa shape index (κ1) is 14.2. The van der Waals surface area contributed by atoms with Crippen LogP contribution in [0.5, 0.6) is 0 Å². The Morgan fingerprint density at radius 2 is 1.72 bits per heavy atom. The van der Waals surface area contributed by atoms with Gasteiger partial charge >= 0.3 is 0 Å². The van der Waals surface area contributed by atoms with Crippen LogP contribution in [-0.2, 0) is 10.0 Å². The number of rotatable bonds is 5. The second kappa shape index (κ2) is 6.32. The van der Waals surface area contributed by atoms with E-state index in [-0.39, 0.29) is 11.8 Å². The smallest absolute Gasteiger partial charge is 0.210 e. The van der Waals surface area contributed by atoms with Gasteiger partial charge in [-0.3, -0.25) is 4.90 Å². The summed E-state index contributed by atoms with van der Waals surface area (Å²) in [6.07, 6.45) is 6.03. The molecule has 2 rings (SSSR count). The molecule has 2 heterocycles. The Hall–Kier alpha value is -0.170. The minimum absolute atomic E-state index is 0.118. The van der Waals surface area contributed by atoms with E-state index in [9.17, 15) is 8.42 Å². The molecule has 2 fully saturated rings. The first-order chi connectivity index (χ1) is 8.54. The summed E-state index contributed by atoms with van der Waals surface area (Å²) in [6.45, 7) is 5.48. The van der Waals surface area contributed by atoms with Crippen LogP contribution in [0.25, 0.3) is 0 Å². The number of piperidine rings is 1. The van der Waals surface area contributed by atoms with Gasteiger partial charge in [0.2, 0.25) is 10.0 Å². The van der Waals surface area contributed by atoms with E-state index in [1.807, 2.05) is 0 Å². The van der Waals surface area contributed by atoms with Gasteiger partial charge < -0.3 is 4.90 Å². The topological polar surface area (TPSA) is 66.6 Å². The number of hydrogen-bond acceptors (Lipinski definition) is 4. The van der Waals surface area contributed by atoms with Gasteiger partial charge in [-0.05, 0) is 45.3 Å². The number of likely N-dealkylation sites (tertiary alicyclic amines) is 2. The summed E-state index contributed by atoms with van der Waals surface area (Å²) in [7, 11) is -3.34. The first-order valence-electron chi connectivity index (χ1n) is 7.01. The lowest BCUT2D eigenvalue weighted by atomic mass is 10.1. The number of nitrogens with zero attached hydrogens (tertiary/aromatic N) is 2. The molecule has 0 aliphatic carbocycles. The van der Waals surface area contributed by atoms with E-state index in [1.54, 1.807) is 0 Å². The van der Waals surface area contributed by atoms with Crippen LogP contribution < -0.4 is 5.14 Å². The van der Waals surface area contributed by atoms with Crippen molar-refractivity contribution < 1.29 is 8.42 Å². The Labute approximate surface area is 110 Å². The average molecular weight is 275 g/mol. The van der Waals surface area contributed by atoms with Crippen LogP contribution in [0.3, 0.4) is 0 Å².